The summed E-state index contributed by atoms with van der Waals surface area (Å²) in [6, 6.07) is 7.41. The number of hydrogen-bond donors (Lipinski definition) is 2. The average molecular weight is 342 g/mol. The molecule has 23 heavy (non-hydrogen) atoms. The monoisotopic (exact) mass is 342 g/mol. The molecule has 2 N–H and O–H groups in total. The summed E-state index contributed by atoms with van der Waals surface area (Å²) in [7, 11) is -1.57. The highest BCUT2D eigenvalue weighted by Crippen LogP contribution is 2.35. The SMILES string of the molecule is COc1ccc(C(C)(O)C2CCCN2CCNS(C)(=O)=O)cc1. The summed E-state index contributed by atoms with van der Waals surface area (Å²) in [5.41, 5.74) is -0.153. The van der Waals surface area contributed by atoms with Crippen molar-refractivity contribution in [2.75, 3.05) is 33.0 Å². The predicted molar refractivity (Wildman–Crippen MR) is 90.0 cm³/mol. The van der Waals surface area contributed by atoms with Gasteiger partial charge >= 0.3 is 0 Å². The van der Waals surface area contributed by atoms with Gasteiger partial charge in [-0.2, -0.15) is 0 Å². The fourth-order valence-corrected chi connectivity index (χ4v) is 3.69. The molecule has 2 rings (SSSR count). The summed E-state index contributed by atoms with van der Waals surface area (Å²) in [5.74, 6) is 0.755. The van der Waals surface area contributed by atoms with E-state index in [1.807, 2.05) is 31.2 Å². The van der Waals surface area contributed by atoms with E-state index in [9.17, 15) is 13.5 Å². The zero-order valence-corrected chi connectivity index (χ0v) is 14.8. The topological polar surface area (TPSA) is 78.9 Å². The van der Waals surface area contributed by atoms with Gasteiger partial charge in [0.15, 0.2) is 0 Å². The zero-order chi connectivity index (χ0) is 17.1. The van der Waals surface area contributed by atoms with Crippen LogP contribution in [-0.2, 0) is 15.6 Å². The number of aliphatic hydroxyl groups is 1. The third kappa shape index (κ3) is 4.67. The molecule has 1 aromatic carbocycles. The molecule has 2 unspecified atom stereocenters. The summed E-state index contributed by atoms with van der Waals surface area (Å²) in [6.07, 6.45) is 3.04. The summed E-state index contributed by atoms with van der Waals surface area (Å²) in [6.45, 7) is 3.63. The van der Waals surface area contributed by atoms with E-state index in [1.165, 1.54) is 0 Å². The highest BCUT2D eigenvalue weighted by molar-refractivity contribution is 7.88. The predicted octanol–water partition coefficient (Wildman–Crippen LogP) is 0.916. The van der Waals surface area contributed by atoms with E-state index in [4.69, 9.17) is 4.74 Å². The van der Waals surface area contributed by atoms with Gasteiger partial charge in [0.1, 0.15) is 11.4 Å². The van der Waals surface area contributed by atoms with Crippen LogP contribution in [0.1, 0.15) is 25.3 Å². The molecular weight excluding hydrogens is 316 g/mol. The van der Waals surface area contributed by atoms with E-state index in [0.717, 1.165) is 37.0 Å². The van der Waals surface area contributed by atoms with Gasteiger partial charge in [-0.15, -0.1) is 0 Å². The lowest BCUT2D eigenvalue weighted by Crippen LogP contribution is -2.47. The lowest BCUT2D eigenvalue weighted by atomic mass is 9.86. The lowest BCUT2D eigenvalue weighted by molar-refractivity contribution is -0.0222. The van der Waals surface area contributed by atoms with Crippen LogP contribution >= 0.6 is 0 Å². The molecule has 1 fully saturated rings. The highest BCUT2D eigenvalue weighted by Gasteiger charge is 2.40. The third-order valence-corrected chi connectivity index (χ3v) is 5.18. The fraction of sp³-hybridized carbons (Fsp3) is 0.625. The molecule has 130 valence electrons. The summed E-state index contributed by atoms with van der Waals surface area (Å²) in [5, 5.41) is 11.1. The number of methoxy groups -OCH3 is 1. The maximum atomic E-state index is 11.2. The van der Waals surface area contributed by atoms with E-state index in [0.29, 0.717) is 13.1 Å². The Hall–Kier alpha value is -1.15. The van der Waals surface area contributed by atoms with Crippen LogP contribution in [0.5, 0.6) is 5.75 Å². The minimum absolute atomic E-state index is 0.0303. The van der Waals surface area contributed by atoms with E-state index in [-0.39, 0.29) is 6.04 Å². The van der Waals surface area contributed by atoms with Crippen LogP contribution in [0.25, 0.3) is 0 Å². The maximum absolute atomic E-state index is 11.2. The standard InChI is InChI=1S/C16H26N2O4S/c1-16(19,13-6-8-14(22-2)9-7-13)15-5-4-11-18(15)12-10-17-23(3,20)21/h6-9,15,17,19H,4-5,10-12H2,1-3H3. The number of nitrogens with one attached hydrogen (secondary N) is 1. The first kappa shape index (κ1) is 18.2. The highest BCUT2D eigenvalue weighted by atomic mass is 32.2. The largest absolute Gasteiger partial charge is 0.497 e. The number of likely N-dealkylation sites (tertiary alicyclic amines) is 1. The van der Waals surface area contributed by atoms with Crippen LogP contribution in [0.4, 0.5) is 0 Å². The zero-order valence-electron chi connectivity index (χ0n) is 13.9. The van der Waals surface area contributed by atoms with Gasteiger partial charge in [-0.1, -0.05) is 12.1 Å². The number of hydrogen-bond acceptors (Lipinski definition) is 5. The average Bonchev–Trinajstić information content (AvgIpc) is 2.95. The number of ether oxygens (including phenoxy) is 1. The molecule has 1 aliphatic heterocycles. The van der Waals surface area contributed by atoms with Crippen molar-refractivity contribution < 1.29 is 18.3 Å². The smallest absolute Gasteiger partial charge is 0.208 e. The number of benzene rings is 1. The van der Waals surface area contributed by atoms with Gasteiger partial charge in [-0.05, 0) is 44.0 Å². The van der Waals surface area contributed by atoms with E-state index < -0.39 is 15.6 Å². The van der Waals surface area contributed by atoms with Crippen LogP contribution in [0, 0.1) is 0 Å². The molecule has 0 aliphatic carbocycles. The Kier molecular flexibility index (Phi) is 5.67. The molecule has 7 heteroatoms. The van der Waals surface area contributed by atoms with Gasteiger partial charge in [0.05, 0.1) is 13.4 Å². The molecule has 0 spiro atoms. The van der Waals surface area contributed by atoms with Crippen molar-refractivity contribution in [3.05, 3.63) is 29.8 Å². The van der Waals surface area contributed by atoms with Gasteiger partial charge < -0.3 is 9.84 Å². The molecule has 1 saturated heterocycles. The number of nitrogens with zero attached hydrogens (tertiary/aromatic N) is 1. The number of rotatable bonds is 7. The van der Waals surface area contributed by atoms with Gasteiger partial charge in [0, 0.05) is 19.1 Å². The Bertz CT molecular complexity index is 613. The van der Waals surface area contributed by atoms with Crippen molar-refractivity contribution in [2.45, 2.75) is 31.4 Å². The maximum Gasteiger partial charge on any atom is 0.208 e. The minimum Gasteiger partial charge on any atom is -0.497 e. The van der Waals surface area contributed by atoms with Crippen molar-refractivity contribution in [1.82, 2.24) is 9.62 Å². The quantitative estimate of drug-likeness (QED) is 0.770. The molecule has 0 amide bonds. The Labute approximate surface area is 138 Å². The van der Waals surface area contributed by atoms with Gasteiger partial charge in [0.2, 0.25) is 10.0 Å². The van der Waals surface area contributed by atoms with Crippen molar-refractivity contribution in [1.29, 1.82) is 0 Å². The van der Waals surface area contributed by atoms with Crippen LogP contribution in [0.3, 0.4) is 0 Å². The van der Waals surface area contributed by atoms with Gasteiger partial charge in [-0.3, -0.25) is 4.90 Å². The Morgan fingerprint density at radius 1 is 1.39 bits per heavy atom. The van der Waals surface area contributed by atoms with Crippen molar-refractivity contribution in [3.63, 3.8) is 0 Å². The normalized spacial score (nSPS) is 22.0. The van der Waals surface area contributed by atoms with Crippen LogP contribution in [0.15, 0.2) is 24.3 Å². The summed E-state index contributed by atoms with van der Waals surface area (Å²) < 4.78 is 30.0. The van der Waals surface area contributed by atoms with Crippen LogP contribution < -0.4 is 9.46 Å². The third-order valence-electron chi connectivity index (χ3n) is 4.45. The van der Waals surface area contributed by atoms with Crippen molar-refractivity contribution in [2.24, 2.45) is 0 Å². The Morgan fingerprint density at radius 2 is 2.04 bits per heavy atom. The van der Waals surface area contributed by atoms with E-state index in [2.05, 4.69) is 9.62 Å². The second kappa shape index (κ2) is 7.17. The van der Waals surface area contributed by atoms with E-state index >= 15 is 0 Å². The summed E-state index contributed by atoms with van der Waals surface area (Å²) >= 11 is 0. The summed E-state index contributed by atoms with van der Waals surface area (Å²) in [4.78, 5) is 2.16. The molecule has 2 atom stereocenters. The first-order chi connectivity index (χ1) is 10.7. The molecule has 0 aromatic heterocycles. The molecule has 0 radical (unpaired) electrons. The molecule has 0 saturated carbocycles. The molecule has 1 aliphatic rings. The van der Waals surface area contributed by atoms with Gasteiger partial charge in [0.25, 0.3) is 0 Å². The van der Waals surface area contributed by atoms with Crippen LogP contribution in [0.2, 0.25) is 0 Å². The van der Waals surface area contributed by atoms with Crippen molar-refractivity contribution >= 4 is 10.0 Å². The second-order valence-electron chi connectivity index (χ2n) is 6.24. The number of sulfonamides is 1. The Balaban J connectivity index is 2.07. The minimum atomic E-state index is -3.18. The molecule has 1 heterocycles. The molecule has 0 bridgehead atoms. The van der Waals surface area contributed by atoms with Gasteiger partial charge in [-0.25, -0.2) is 13.1 Å². The molecule has 6 nitrogen and oxygen atoms in total. The Morgan fingerprint density at radius 3 is 2.61 bits per heavy atom. The van der Waals surface area contributed by atoms with Crippen LogP contribution in [-0.4, -0.2) is 57.5 Å². The van der Waals surface area contributed by atoms with Crippen molar-refractivity contribution in [3.8, 4) is 5.75 Å². The molecule has 1 aromatic rings. The first-order valence-electron chi connectivity index (χ1n) is 7.79. The second-order valence-corrected chi connectivity index (χ2v) is 8.07. The lowest BCUT2D eigenvalue weighted by Gasteiger charge is -2.37. The first-order valence-corrected chi connectivity index (χ1v) is 9.69. The fourth-order valence-electron chi connectivity index (χ4n) is 3.23. The molecular formula is C16H26N2O4S. The van der Waals surface area contributed by atoms with E-state index in [1.54, 1.807) is 7.11 Å².